The Balaban J connectivity index is 1.95. The van der Waals surface area contributed by atoms with Crippen molar-refractivity contribution in [3.8, 4) is 5.88 Å². The van der Waals surface area contributed by atoms with Crippen molar-refractivity contribution in [3.63, 3.8) is 0 Å². The summed E-state index contributed by atoms with van der Waals surface area (Å²) in [7, 11) is 0. The van der Waals surface area contributed by atoms with Gasteiger partial charge in [-0.3, -0.25) is 0 Å². The molecule has 17 heavy (non-hydrogen) atoms. The molecule has 0 radical (unpaired) electrons. The van der Waals surface area contributed by atoms with Crippen molar-refractivity contribution in [1.29, 1.82) is 0 Å². The lowest BCUT2D eigenvalue weighted by molar-refractivity contribution is 0.283. The van der Waals surface area contributed by atoms with E-state index in [0.29, 0.717) is 0 Å². The van der Waals surface area contributed by atoms with Gasteiger partial charge in [-0.2, -0.15) is 4.98 Å². The molecule has 1 fully saturated rings. The number of ether oxygens (including phenoxy) is 1. The zero-order chi connectivity index (χ0) is 12.3. The summed E-state index contributed by atoms with van der Waals surface area (Å²) in [6.45, 7) is 7.50. The fourth-order valence-corrected chi connectivity index (χ4v) is 1.59. The normalized spacial score (nSPS) is 15.9. The second-order valence-electron chi connectivity index (χ2n) is 5.76. The first-order chi connectivity index (χ1) is 8.09. The average molecular weight is 234 g/mol. The molecule has 0 aliphatic heterocycles. The third kappa shape index (κ3) is 3.99. The van der Waals surface area contributed by atoms with Gasteiger partial charge in [0.2, 0.25) is 5.88 Å². The molecule has 0 bridgehead atoms. The van der Waals surface area contributed by atoms with Gasteiger partial charge >= 0.3 is 0 Å². The quantitative estimate of drug-likeness (QED) is 0.758. The molecule has 0 saturated heterocycles. The van der Waals surface area contributed by atoms with Crippen LogP contribution in [0, 0.1) is 11.3 Å². The maximum absolute atomic E-state index is 5.67. The van der Waals surface area contributed by atoms with E-state index >= 15 is 0 Å². The first-order valence-electron chi connectivity index (χ1n) is 6.54. The fraction of sp³-hybridized carbons (Fsp3) is 0.714. The SMILES string of the molecule is CCC(C)(C)Cc1nccc(OCC2CC2)n1. The second kappa shape index (κ2) is 5.03. The Kier molecular flexibility index (Phi) is 3.65. The predicted molar refractivity (Wildman–Crippen MR) is 68.0 cm³/mol. The van der Waals surface area contributed by atoms with Crippen molar-refractivity contribution in [2.75, 3.05) is 6.61 Å². The fourth-order valence-electron chi connectivity index (χ4n) is 1.59. The van der Waals surface area contributed by atoms with Crippen molar-refractivity contribution in [2.24, 2.45) is 11.3 Å². The highest BCUT2D eigenvalue weighted by molar-refractivity contribution is 5.09. The lowest BCUT2D eigenvalue weighted by Gasteiger charge is -2.21. The third-order valence-electron chi connectivity index (χ3n) is 3.44. The van der Waals surface area contributed by atoms with Crippen molar-refractivity contribution in [3.05, 3.63) is 18.1 Å². The lowest BCUT2D eigenvalue weighted by Crippen LogP contribution is -2.15. The zero-order valence-electron chi connectivity index (χ0n) is 11.1. The Morgan fingerprint density at radius 1 is 1.41 bits per heavy atom. The second-order valence-corrected chi connectivity index (χ2v) is 5.76. The molecule has 0 spiro atoms. The number of hydrogen-bond acceptors (Lipinski definition) is 3. The van der Waals surface area contributed by atoms with E-state index in [2.05, 4.69) is 30.7 Å². The van der Waals surface area contributed by atoms with Crippen molar-refractivity contribution in [2.45, 2.75) is 46.5 Å². The van der Waals surface area contributed by atoms with E-state index in [-0.39, 0.29) is 5.41 Å². The van der Waals surface area contributed by atoms with Gasteiger partial charge in [0, 0.05) is 18.7 Å². The van der Waals surface area contributed by atoms with Gasteiger partial charge in [0.05, 0.1) is 6.61 Å². The topological polar surface area (TPSA) is 35.0 Å². The summed E-state index contributed by atoms with van der Waals surface area (Å²) < 4.78 is 5.67. The first kappa shape index (κ1) is 12.3. The van der Waals surface area contributed by atoms with Crippen LogP contribution < -0.4 is 4.74 Å². The molecule has 3 nitrogen and oxygen atoms in total. The van der Waals surface area contributed by atoms with E-state index < -0.39 is 0 Å². The summed E-state index contributed by atoms with van der Waals surface area (Å²) in [4.78, 5) is 8.80. The summed E-state index contributed by atoms with van der Waals surface area (Å²) in [6, 6.07) is 1.85. The molecule has 94 valence electrons. The van der Waals surface area contributed by atoms with Crippen LogP contribution in [0.25, 0.3) is 0 Å². The summed E-state index contributed by atoms with van der Waals surface area (Å²) in [5.74, 6) is 2.39. The molecule has 0 unspecified atom stereocenters. The number of rotatable bonds is 6. The molecule has 1 aliphatic carbocycles. The summed E-state index contributed by atoms with van der Waals surface area (Å²) >= 11 is 0. The molecule has 2 rings (SSSR count). The molecule has 3 heteroatoms. The smallest absolute Gasteiger partial charge is 0.216 e. The predicted octanol–water partition coefficient (Wildman–Crippen LogP) is 3.24. The van der Waals surface area contributed by atoms with E-state index in [0.717, 1.165) is 37.1 Å². The van der Waals surface area contributed by atoms with E-state index in [9.17, 15) is 0 Å². The summed E-state index contributed by atoms with van der Waals surface area (Å²) in [5, 5.41) is 0. The van der Waals surface area contributed by atoms with Gasteiger partial charge in [0.1, 0.15) is 5.82 Å². The third-order valence-corrected chi connectivity index (χ3v) is 3.44. The highest BCUT2D eigenvalue weighted by Gasteiger charge is 2.22. The van der Waals surface area contributed by atoms with Crippen LogP contribution in [0.2, 0.25) is 0 Å². The number of aromatic nitrogens is 2. The molecular weight excluding hydrogens is 212 g/mol. The van der Waals surface area contributed by atoms with Crippen LogP contribution in [0.1, 0.15) is 45.9 Å². The van der Waals surface area contributed by atoms with Gasteiger partial charge in [-0.1, -0.05) is 27.2 Å². The molecule has 0 N–H and O–H groups in total. The average Bonchev–Trinajstić information content (AvgIpc) is 3.10. The first-order valence-corrected chi connectivity index (χ1v) is 6.54. The molecule has 0 aromatic carbocycles. The Morgan fingerprint density at radius 2 is 2.18 bits per heavy atom. The minimum absolute atomic E-state index is 0.259. The van der Waals surface area contributed by atoms with E-state index in [1.807, 2.05) is 6.07 Å². The molecule has 0 amide bonds. The largest absolute Gasteiger partial charge is 0.477 e. The van der Waals surface area contributed by atoms with E-state index in [1.165, 1.54) is 12.8 Å². The minimum atomic E-state index is 0.259. The highest BCUT2D eigenvalue weighted by atomic mass is 16.5. The van der Waals surface area contributed by atoms with Crippen LogP contribution >= 0.6 is 0 Å². The Hall–Kier alpha value is -1.12. The minimum Gasteiger partial charge on any atom is -0.477 e. The van der Waals surface area contributed by atoms with Crippen LogP contribution in [0.5, 0.6) is 5.88 Å². The van der Waals surface area contributed by atoms with Crippen LogP contribution in [0.3, 0.4) is 0 Å². The Bertz CT molecular complexity index is 372. The van der Waals surface area contributed by atoms with Crippen LogP contribution in [-0.4, -0.2) is 16.6 Å². The standard InChI is InChI=1S/C14H22N2O/c1-4-14(2,3)9-12-15-8-7-13(16-12)17-10-11-5-6-11/h7-8,11H,4-6,9-10H2,1-3H3. The molecular formula is C14H22N2O. The highest BCUT2D eigenvalue weighted by Crippen LogP contribution is 2.29. The van der Waals surface area contributed by atoms with Crippen molar-refractivity contribution < 1.29 is 4.74 Å². The van der Waals surface area contributed by atoms with Crippen LogP contribution in [0.15, 0.2) is 12.3 Å². The summed E-state index contributed by atoms with van der Waals surface area (Å²) in [6.07, 6.45) is 6.45. The number of hydrogen-bond donors (Lipinski definition) is 0. The van der Waals surface area contributed by atoms with Gasteiger partial charge in [-0.15, -0.1) is 0 Å². The van der Waals surface area contributed by atoms with E-state index in [4.69, 9.17) is 4.74 Å². The molecule has 1 aromatic rings. The molecule has 0 atom stereocenters. The molecule has 1 aromatic heterocycles. The Morgan fingerprint density at radius 3 is 2.82 bits per heavy atom. The van der Waals surface area contributed by atoms with E-state index in [1.54, 1.807) is 6.20 Å². The monoisotopic (exact) mass is 234 g/mol. The van der Waals surface area contributed by atoms with Crippen molar-refractivity contribution in [1.82, 2.24) is 9.97 Å². The zero-order valence-corrected chi connectivity index (χ0v) is 11.1. The molecule has 1 aliphatic rings. The van der Waals surface area contributed by atoms with Gasteiger partial charge in [0.25, 0.3) is 0 Å². The lowest BCUT2D eigenvalue weighted by atomic mass is 9.86. The van der Waals surface area contributed by atoms with Gasteiger partial charge in [-0.25, -0.2) is 4.98 Å². The van der Waals surface area contributed by atoms with Gasteiger partial charge in [0.15, 0.2) is 0 Å². The van der Waals surface area contributed by atoms with Gasteiger partial charge < -0.3 is 4.74 Å². The maximum Gasteiger partial charge on any atom is 0.216 e. The van der Waals surface area contributed by atoms with Crippen molar-refractivity contribution >= 4 is 0 Å². The Labute approximate surface area is 104 Å². The van der Waals surface area contributed by atoms with Crippen LogP contribution in [-0.2, 0) is 6.42 Å². The molecule has 1 heterocycles. The van der Waals surface area contributed by atoms with Crippen LogP contribution in [0.4, 0.5) is 0 Å². The molecule has 1 saturated carbocycles. The maximum atomic E-state index is 5.67. The summed E-state index contributed by atoms with van der Waals surface area (Å²) in [5.41, 5.74) is 0.259. The number of nitrogens with zero attached hydrogens (tertiary/aromatic N) is 2. The van der Waals surface area contributed by atoms with Gasteiger partial charge in [-0.05, 0) is 24.2 Å².